The van der Waals surface area contributed by atoms with Crippen LogP contribution >= 0.6 is 0 Å². The molecular weight excluding hydrogens is 396 g/mol. The van der Waals surface area contributed by atoms with E-state index in [9.17, 15) is 13.2 Å². The van der Waals surface area contributed by atoms with Crippen LogP contribution in [0.25, 0.3) is 0 Å². The summed E-state index contributed by atoms with van der Waals surface area (Å²) in [7, 11) is -2.17. The van der Waals surface area contributed by atoms with Crippen LogP contribution in [0.4, 0.5) is 11.4 Å². The summed E-state index contributed by atoms with van der Waals surface area (Å²) in [4.78, 5) is 14.1. The van der Waals surface area contributed by atoms with E-state index in [2.05, 4.69) is 4.72 Å². The topological polar surface area (TPSA) is 94.2 Å². The van der Waals surface area contributed by atoms with Gasteiger partial charge in [0, 0.05) is 19.2 Å². The quantitative estimate of drug-likeness (QED) is 0.824. The molecule has 2 aliphatic rings. The fourth-order valence-corrected chi connectivity index (χ4v) is 4.32. The molecule has 0 unspecified atom stereocenters. The Hall–Kier alpha value is -2.94. The van der Waals surface area contributed by atoms with E-state index in [1.165, 1.54) is 17.0 Å². The van der Waals surface area contributed by atoms with Crippen molar-refractivity contribution in [3.63, 3.8) is 0 Å². The molecule has 2 heterocycles. The second-order valence-corrected chi connectivity index (χ2v) is 9.31. The molecule has 0 atom stereocenters. The Labute approximate surface area is 169 Å². The Bertz CT molecular complexity index is 1080. The van der Waals surface area contributed by atoms with Crippen molar-refractivity contribution in [3.05, 3.63) is 36.4 Å². The lowest BCUT2D eigenvalue weighted by molar-refractivity contribution is -0.127. The van der Waals surface area contributed by atoms with Gasteiger partial charge in [0.15, 0.2) is 11.5 Å². The SMILES string of the molecule is CN1C(=O)C(C)(C)COc2cc(NS(=O)(=O)c3ccc4c(c3)OCCO4)ccc21. The van der Waals surface area contributed by atoms with Crippen LogP contribution in [0.15, 0.2) is 41.3 Å². The number of carbonyl (C=O) groups excluding carboxylic acids is 1. The zero-order valence-electron chi connectivity index (χ0n) is 16.4. The normalized spacial score (nSPS) is 17.8. The molecule has 2 aromatic carbocycles. The Morgan fingerprint density at radius 3 is 2.45 bits per heavy atom. The Kier molecular flexibility index (Phi) is 4.57. The van der Waals surface area contributed by atoms with E-state index in [0.717, 1.165) is 0 Å². The first kappa shape index (κ1) is 19.4. The molecule has 2 aromatic rings. The molecule has 0 saturated carbocycles. The molecular formula is C20H22N2O6S. The van der Waals surface area contributed by atoms with Gasteiger partial charge in [-0.2, -0.15) is 0 Å². The minimum atomic E-state index is -3.85. The van der Waals surface area contributed by atoms with Gasteiger partial charge in [-0.15, -0.1) is 0 Å². The van der Waals surface area contributed by atoms with Crippen LogP contribution in [-0.4, -0.2) is 41.2 Å². The van der Waals surface area contributed by atoms with Crippen molar-refractivity contribution < 1.29 is 27.4 Å². The minimum Gasteiger partial charge on any atom is -0.490 e. The number of hydrogen-bond acceptors (Lipinski definition) is 6. The number of fused-ring (bicyclic) bond motifs is 2. The molecule has 4 rings (SSSR count). The highest BCUT2D eigenvalue weighted by molar-refractivity contribution is 7.92. The third-order valence-corrected chi connectivity index (χ3v) is 6.25. The molecule has 9 heteroatoms. The number of benzene rings is 2. The Morgan fingerprint density at radius 1 is 0.966 bits per heavy atom. The summed E-state index contributed by atoms with van der Waals surface area (Å²) < 4.78 is 44.9. The molecule has 0 radical (unpaired) electrons. The number of ether oxygens (including phenoxy) is 3. The zero-order chi connectivity index (χ0) is 20.8. The van der Waals surface area contributed by atoms with Crippen LogP contribution in [0.5, 0.6) is 17.2 Å². The van der Waals surface area contributed by atoms with E-state index in [-0.39, 0.29) is 17.4 Å². The van der Waals surface area contributed by atoms with Gasteiger partial charge in [-0.05, 0) is 38.1 Å². The van der Waals surface area contributed by atoms with Crippen molar-refractivity contribution in [1.29, 1.82) is 0 Å². The van der Waals surface area contributed by atoms with Gasteiger partial charge in [0.05, 0.1) is 21.7 Å². The average Bonchev–Trinajstić information content (AvgIpc) is 2.78. The first-order chi connectivity index (χ1) is 13.7. The molecule has 0 bridgehead atoms. The van der Waals surface area contributed by atoms with Crippen molar-refractivity contribution in [1.82, 2.24) is 0 Å². The first-order valence-electron chi connectivity index (χ1n) is 9.15. The van der Waals surface area contributed by atoms with Crippen molar-refractivity contribution in [2.45, 2.75) is 18.7 Å². The maximum absolute atomic E-state index is 12.8. The van der Waals surface area contributed by atoms with Crippen molar-refractivity contribution in [2.24, 2.45) is 5.41 Å². The Morgan fingerprint density at radius 2 is 1.69 bits per heavy atom. The minimum absolute atomic E-state index is 0.0611. The molecule has 154 valence electrons. The lowest BCUT2D eigenvalue weighted by Gasteiger charge is -2.24. The van der Waals surface area contributed by atoms with Crippen LogP contribution in [0.1, 0.15) is 13.8 Å². The maximum atomic E-state index is 12.8. The third kappa shape index (κ3) is 3.57. The van der Waals surface area contributed by atoms with Gasteiger partial charge in [0.2, 0.25) is 5.91 Å². The molecule has 8 nitrogen and oxygen atoms in total. The second kappa shape index (κ2) is 6.84. The Balaban J connectivity index is 1.62. The van der Waals surface area contributed by atoms with E-state index in [1.54, 1.807) is 31.3 Å². The first-order valence-corrected chi connectivity index (χ1v) is 10.6. The predicted molar refractivity (Wildman–Crippen MR) is 107 cm³/mol. The second-order valence-electron chi connectivity index (χ2n) is 7.63. The highest BCUT2D eigenvalue weighted by Crippen LogP contribution is 2.38. The summed E-state index contributed by atoms with van der Waals surface area (Å²) in [6.07, 6.45) is 0. The van der Waals surface area contributed by atoms with Crippen LogP contribution < -0.4 is 23.8 Å². The fraction of sp³-hybridized carbons (Fsp3) is 0.350. The van der Waals surface area contributed by atoms with E-state index >= 15 is 0 Å². The molecule has 0 saturated heterocycles. The van der Waals surface area contributed by atoms with Crippen LogP contribution in [0.3, 0.4) is 0 Å². The predicted octanol–water partition coefficient (Wildman–Crippen LogP) is 2.64. The van der Waals surface area contributed by atoms with E-state index in [4.69, 9.17) is 14.2 Å². The maximum Gasteiger partial charge on any atom is 0.262 e. The van der Waals surface area contributed by atoms with Crippen LogP contribution in [-0.2, 0) is 14.8 Å². The number of rotatable bonds is 3. The smallest absolute Gasteiger partial charge is 0.262 e. The summed E-state index contributed by atoms with van der Waals surface area (Å²) >= 11 is 0. The lowest BCUT2D eigenvalue weighted by Crippen LogP contribution is -2.39. The number of nitrogens with one attached hydrogen (secondary N) is 1. The highest BCUT2D eigenvalue weighted by Gasteiger charge is 2.36. The number of amides is 1. The van der Waals surface area contributed by atoms with Crippen molar-refractivity contribution >= 4 is 27.3 Å². The largest absolute Gasteiger partial charge is 0.490 e. The number of sulfonamides is 1. The summed E-state index contributed by atoms with van der Waals surface area (Å²) in [5, 5.41) is 0. The fourth-order valence-electron chi connectivity index (χ4n) is 3.26. The number of nitrogens with zero attached hydrogens (tertiary/aromatic N) is 1. The van der Waals surface area contributed by atoms with Crippen LogP contribution in [0.2, 0.25) is 0 Å². The van der Waals surface area contributed by atoms with E-state index in [1.807, 2.05) is 13.8 Å². The van der Waals surface area contributed by atoms with Gasteiger partial charge in [-0.3, -0.25) is 9.52 Å². The van der Waals surface area contributed by atoms with Crippen molar-refractivity contribution in [3.8, 4) is 17.2 Å². The summed E-state index contributed by atoms with van der Waals surface area (Å²) in [5.74, 6) is 1.28. The standard InChI is InChI=1S/C20H22N2O6S/c1-20(2)12-28-17-10-13(4-6-15(17)22(3)19(20)23)21-29(24,25)14-5-7-16-18(11-14)27-9-8-26-16/h4-7,10-11,21H,8-9,12H2,1-3H3. The van der Waals surface area contributed by atoms with Crippen molar-refractivity contribution in [2.75, 3.05) is 36.5 Å². The summed E-state index contributed by atoms with van der Waals surface area (Å²) in [6.45, 7) is 4.61. The van der Waals surface area contributed by atoms with E-state index in [0.29, 0.717) is 41.8 Å². The van der Waals surface area contributed by atoms with Crippen LogP contribution in [0, 0.1) is 5.41 Å². The van der Waals surface area contributed by atoms with Gasteiger partial charge >= 0.3 is 0 Å². The lowest BCUT2D eigenvalue weighted by atomic mass is 9.93. The molecule has 0 aromatic heterocycles. The number of anilines is 2. The summed E-state index contributed by atoms with van der Waals surface area (Å²) in [5.41, 5.74) is 0.237. The van der Waals surface area contributed by atoms with Gasteiger partial charge in [-0.1, -0.05) is 0 Å². The molecule has 29 heavy (non-hydrogen) atoms. The molecule has 0 fully saturated rings. The van der Waals surface area contributed by atoms with Gasteiger partial charge in [0.1, 0.15) is 25.6 Å². The molecule has 1 N–H and O–H groups in total. The monoisotopic (exact) mass is 418 g/mol. The van der Waals surface area contributed by atoms with Gasteiger partial charge in [-0.25, -0.2) is 8.42 Å². The highest BCUT2D eigenvalue weighted by atomic mass is 32.2. The van der Waals surface area contributed by atoms with Gasteiger partial charge < -0.3 is 19.1 Å². The number of carbonyl (C=O) groups is 1. The molecule has 0 spiro atoms. The van der Waals surface area contributed by atoms with E-state index < -0.39 is 15.4 Å². The molecule has 0 aliphatic carbocycles. The summed E-state index contributed by atoms with van der Waals surface area (Å²) in [6, 6.07) is 9.31. The molecule has 1 amide bonds. The average molecular weight is 418 g/mol. The molecule has 2 aliphatic heterocycles. The zero-order valence-corrected chi connectivity index (χ0v) is 17.2. The van der Waals surface area contributed by atoms with Gasteiger partial charge in [0.25, 0.3) is 10.0 Å². The number of hydrogen-bond donors (Lipinski definition) is 1. The third-order valence-electron chi connectivity index (χ3n) is 4.87.